The Morgan fingerprint density at radius 1 is 1.28 bits per heavy atom. The number of nitrogens with one attached hydrogen (secondary N) is 1. The Kier molecular flexibility index (Phi) is 5.38. The Bertz CT molecular complexity index is 716. The van der Waals surface area contributed by atoms with Crippen molar-refractivity contribution in [1.82, 2.24) is 10.3 Å². The number of aliphatic hydroxyl groups excluding tert-OH is 1. The molecule has 1 aliphatic rings. The molecule has 1 amide bonds. The number of carbonyl (C=O) groups excluding carboxylic acids is 1. The lowest BCUT2D eigenvalue weighted by atomic mass is 9.86. The van der Waals surface area contributed by atoms with Crippen molar-refractivity contribution in [3.63, 3.8) is 0 Å². The molecule has 0 radical (unpaired) electrons. The van der Waals surface area contributed by atoms with Crippen LogP contribution < -0.4 is 10.1 Å². The Morgan fingerprint density at radius 3 is 2.56 bits per heavy atom. The molecule has 1 aromatic heterocycles. The second kappa shape index (κ2) is 7.70. The summed E-state index contributed by atoms with van der Waals surface area (Å²) in [5.41, 5.74) is 1.13. The molecule has 1 saturated carbocycles. The van der Waals surface area contributed by atoms with E-state index in [9.17, 15) is 9.90 Å². The molecule has 0 unspecified atom stereocenters. The normalized spacial score (nSPS) is 20.3. The molecule has 3 rings (SSSR count). The molecule has 2 N–H and O–H groups in total. The van der Waals surface area contributed by atoms with Crippen LogP contribution in [-0.4, -0.2) is 35.8 Å². The molecule has 0 spiro atoms. The van der Waals surface area contributed by atoms with Gasteiger partial charge in [-0.1, -0.05) is 0 Å². The number of carbonyl (C=O) groups is 1. The van der Waals surface area contributed by atoms with Crippen molar-refractivity contribution in [2.24, 2.45) is 5.92 Å². The zero-order valence-electron chi connectivity index (χ0n) is 14.6. The number of amides is 1. The highest BCUT2D eigenvalue weighted by Crippen LogP contribution is 2.26. The molecule has 1 heterocycles. The molecule has 6 heteroatoms. The minimum absolute atomic E-state index is 0.135. The summed E-state index contributed by atoms with van der Waals surface area (Å²) in [5.74, 6) is 1.85. The molecule has 25 heavy (non-hydrogen) atoms. The van der Waals surface area contributed by atoms with Crippen LogP contribution in [0.1, 0.15) is 41.9 Å². The maximum absolute atomic E-state index is 12.5. The van der Waals surface area contributed by atoms with Crippen LogP contribution >= 0.6 is 0 Å². The summed E-state index contributed by atoms with van der Waals surface area (Å²) in [6.07, 6.45) is 3.66. The van der Waals surface area contributed by atoms with Crippen LogP contribution in [0.25, 0.3) is 11.5 Å². The summed E-state index contributed by atoms with van der Waals surface area (Å²) in [4.78, 5) is 16.9. The summed E-state index contributed by atoms with van der Waals surface area (Å²) >= 11 is 0. The molecule has 0 atom stereocenters. The number of rotatable bonds is 5. The van der Waals surface area contributed by atoms with E-state index in [0.29, 0.717) is 23.3 Å². The van der Waals surface area contributed by atoms with Gasteiger partial charge in [0.2, 0.25) is 5.89 Å². The average molecular weight is 344 g/mol. The smallest absolute Gasteiger partial charge is 0.273 e. The van der Waals surface area contributed by atoms with Crippen molar-refractivity contribution >= 4 is 5.91 Å². The summed E-state index contributed by atoms with van der Waals surface area (Å²) in [5, 5.41) is 12.2. The molecule has 2 aromatic rings. The molecule has 0 saturated heterocycles. The zero-order chi connectivity index (χ0) is 17.8. The van der Waals surface area contributed by atoms with Crippen LogP contribution in [0.2, 0.25) is 0 Å². The van der Waals surface area contributed by atoms with E-state index in [-0.39, 0.29) is 18.6 Å². The fourth-order valence-electron chi connectivity index (χ4n) is 3.21. The third kappa shape index (κ3) is 4.02. The standard InChI is InChI=1S/C19H24N2O4/c1-12-17(18(23)20-15-7-3-13(11-22)4-8-15)21-19(25-12)14-5-9-16(24-2)10-6-14/h5-6,9-10,13,15,22H,3-4,7-8,11H2,1-2H3,(H,20,23). The second-order valence-corrected chi connectivity index (χ2v) is 6.53. The molecule has 1 aromatic carbocycles. The van der Waals surface area contributed by atoms with Crippen LogP contribution in [0.15, 0.2) is 28.7 Å². The first kappa shape index (κ1) is 17.5. The van der Waals surface area contributed by atoms with Gasteiger partial charge in [-0.2, -0.15) is 0 Å². The summed E-state index contributed by atoms with van der Waals surface area (Å²) in [6.45, 7) is 1.98. The summed E-state index contributed by atoms with van der Waals surface area (Å²) in [7, 11) is 1.61. The summed E-state index contributed by atoms with van der Waals surface area (Å²) in [6, 6.07) is 7.49. The first-order valence-electron chi connectivity index (χ1n) is 8.64. The van der Waals surface area contributed by atoms with E-state index in [2.05, 4.69) is 10.3 Å². The zero-order valence-corrected chi connectivity index (χ0v) is 14.6. The van der Waals surface area contributed by atoms with E-state index < -0.39 is 0 Å². The minimum Gasteiger partial charge on any atom is -0.497 e. The molecule has 134 valence electrons. The Hall–Kier alpha value is -2.34. The molecule has 0 aliphatic heterocycles. The van der Waals surface area contributed by atoms with Gasteiger partial charge in [-0.05, 0) is 62.8 Å². The highest BCUT2D eigenvalue weighted by atomic mass is 16.5. The number of hydrogen-bond donors (Lipinski definition) is 2. The lowest BCUT2D eigenvalue weighted by Crippen LogP contribution is -2.38. The first-order chi connectivity index (χ1) is 12.1. The molecule has 1 fully saturated rings. The van der Waals surface area contributed by atoms with E-state index in [1.54, 1.807) is 14.0 Å². The van der Waals surface area contributed by atoms with Gasteiger partial charge in [0.25, 0.3) is 5.91 Å². The predicted octanol–water partition coefficient (Wildman–Crippen LogP) is 2.94. The van der Waals surface area contributed by atoms with Crippen LogP contribution in [0.4, 0.5) is 0 Å². The number of methoxy groups -OCH3 is 1. The minimum atomic E-state index is -0.200. The lowest BCUT2D eigenvalue weighted by molar-refractivity contribution is 0.0908. The number of nitrogens with zero attached hydrogens (tertiary/aromatic N) is 1. The van der Waals surface area contributed by atoms with Crippen LogP contribution in [0, 0.1) is 12.8 Å². The van der Waals surface area contributed by atoms with E-state index in [1.165, 1.54) is 0 Å². The highest BCUT2D eigenvalue weighted by molar-refractivity contribution is 5.93. The fourth-order valence-corrected chi connectivity index (χ4v) is 3.21. The van der Waals surface area contributed by atoms with E-state index in [0.717, 1.165) is 37.0 Å². The molecular weight excluding hydrogens is 320 g/mol. The third-order valence-electron chi connectivity index (χ3n) is 4.79. The average Bonchev–Trinajstić information content (AvgIpc) is 3.04. The van der Waals surface area contributed by atoms with Crippen molar-refractivity contribution in [3.05, 3.63) is 35.7 Å². The van der Waals surface area contributed by atoms with Crippen LogP contribution in [0.5, 0.6) is 5.75 Å². The van der Waals surface area contributed by atoms with Gasteiger partial charge in [-0.25, -0.2) is 4.98 Å². The molecule has 6 nitrogen and oxygen atoms in total. The molecule has 0 bridgehead atoms. The van der Waals surface area contributed by atoms with E-state index >= 15 is 0 Å². The van der Waals surface area contributed by atoms with Gasteiger partial charge in [0.15, 0.2) is 5.69 Å². The van der Waals surface area contributed by atoms with E-state index in [4.69, 9.17) is 9.15 Å². The van der Waals surface area contributed by atoms with Gasteiger partial charge in [-0.3, -0.25) is 4.79 Å². The lowest BCUT2D eigenvalue weighted by Gasteiger charge is -2.27. The Labute approximate surface area is 147 Å². The molecule has 1 aliphatic carbocycles. The number of ether oxygens (including phenoxy) is 1. The number of aliphatic hydroxyl groups is 1. The number of benzene rings is 1. The van der Waals surface area contributed by atoms with Gasteiger partial charge < -0.3 is 19.6 Å². The van der Waals surface area contributed by atoms with Crippen molar-refractivity contribution in [1.29, 1.82) is 0 Å². The summed E-state index contributed by atoms with van der Waals surface area (Å²) < 4.78 is 10.8. The van der Waals surface area contributed by atoms with Gasteiger partial charge in [-0.15, -0.1) is 0 Å². The predicted molar refractivity (Wildman–Crippen MR) is 93.5 cm³/mol. The quantitative estimate of drug-likeness (QED) is 0.871. The van der Waals surface area contributed by atoms with Crippen molar-refractivity contribution in [3.8, 4) is 17.2 Å². The third-order valence-corrected chi connectivity index (χ3v) is 4.79. The van der Waals surface area contributed by atoms with Crippen molar-refractivity contribution in [2.75, 3.05) is 13.7 Å². The number of aryl methyl sites for hydroxylation is 1. The number of oxazole rings is 1. The maximum Gasteiger partial charge on any atom is 0.273 e. The van der Waals surface area contributed by atoms with Gasteiger partial charge in [0, 0.05) is 18.2 Å². The Balaban J connectivity index is 1.68. The molecular formula is C19H24N2O4. The van der Waals surface area contributed by atoms with Crippen LogP contribution in [-0.2, 0) is 0 Å². The van der Waals surface area contributed by atoms with Gasteiger partial charge in [0.05, 0.1) is 7.11 Å². The van der Waals surface area contributed by atoms with E-state index in [1.807, 2.05) is 24.3 Å². The Morgan fingerprint density at radius 2 is 1.96 bits per heavy atom. The fraction of sp³-hybridized carbons (Fsp3) is 0.474. The highest BCUT2D eigenvalue weighted by Gasteiger charge is 2.25. The van der Waals surface area contributed by atoms with Crippen molar-refractivity contribution in [2.45, 2.75) is 38.6 Å². The largest absolute Gasteiger partial charge is 0.497 e. The van der Waals surface area contributed by atoms with Crippen molar-refractivity contribution < 1.29 is 19.1 Å². The monoisotopic (exact) mass is 344 g/mol. The second-order valence-electron chi connectivity index (χ2n) is 6.53. The SMILES string of the molecule is COc1ccc(-c2nc(C(=O)NC3CCC(CO)CC3)c(C)o2)cc1. The number of aromatic nitrogens is 1. The van der Waals surface area contributed by atoms with Gasteiger partial charge in [0.1, 0.15) is 11.5 Å². The first-order valence-corrected chi connectivity index (χ1v) is 8.64. The number of hydrogen-bond acceptors (Lipinski definition) is 5. The maximum atomic E-state index is 12.5. The topological polar surface area (TPSA) is 84.6 Å². The van der Waals surface area contributed by atoms with Gasteiger partial charge >= 0.3 is 0 Å². The van der Waals surface area contributed by atoms with Crippen LogP contribution in [0.3, 0.4) is 0 Å².